The van der Waals surface area contributed by atoms with Crippen LogP contribution in [0.2, 0.25) is 0 Å². The molecule has 0 bridgehead atoms. The summed E-state index contributed by atoms with van der Waals surface area (Å²) in [5.74, 6) is -0.101. The van der Waals surface area contributed by atoms with Crippen molar-refractivity contribution < 1.29 is 10.0 Å². The number of aromatic hydroxyl groups is 1. The minimum absolute atomic E-state index is 0.101. The maximum absolute atomic E-state index is 10.3. The highest BCUT2D eigenvalue weighted by atomic mass is 16.6. The van der Waals surface area contributed by atoms with Crippen LogP contribution >= 0.6 is 0 Å². The van der Waals surface area contributed by atoms with E-state index < -0.39 is 4.92 Å². The Labute approximate surface area is 75.2 Å². The summed E-state index contributed by atoms with van der Waals surface area (Å²) in [6.07, 6.45) is 0. The summed E-state index contributed by atoms with van der Waals surface area (Å²) in [4.78, 5) is 9.75. The van der Waals surface area contributed by atoms with Crippen LogP contribution in [-0.2, 0) is 0 Å². The lowest BCUT2D eigenvalue weighted by atomic mass is 10.2. The molecule has 70 valence electrons. The van der Waals surface area contributed by atoms with E-state index in [0.29, 0.717) is 12.2 Å². The Balaban J connectivity index is 2.98. The number of anilines is 1. The highest BCUT2D eigenvalue weighted by Crippen LogP contribution is 2.27. The third-order valence-corrected chi connectivity index (χ3v) is 1.56. The first-order chi connectivity index (χ1) is 6.15. The molecule has 0 aromatic heterocycles. The van der Waals surface area contributed by atoms with Gasteiger partial charge in [-0.25, -0.2) is 0 Å². The van der Waals surface area contributed by atoms with Crippen LogP contribution in [-0.4, -0.2) is 16.6 Å². The normalized spacial score (nSPS) is 9.62. The summed E-state index contributed by atoms with van der Waals surface area (Å²) in [6.45, 7) is 2.53. The van der Waals surface area contributed by atoms with Gasteiger partial charge < -0.3 is 10.4 Å². The van der Waals surface area contributed by atoms with Crippen molar-refractivity contribution in [2.24, 2.45) is 0 Å². The molecule has 1 aromatic rings. The number of non-ortho nitro benzene ring substituents is 1. The van der Waals surface area contributed by atoms with Gasteiger partial charge in [-0.15, -0.1) is 0 Å². The lowest BCUT2D eigenvalue weighted by Crippen LogP contribution is -1.97. The number of phenols is 1. The second-order valence-electron chi connectivity index (χ2n) is 2.49. The van der Waals surface area contributed by atoms with Gasteiger partial charge in [0.1, 0.15) is 5.75 Å². The molecule has 0 saturated heterocycles. The number of phenolic OH excluding ortho intramolecular Hbond substituents is 1. The van der Waals surface area contributed by atoms with Gasteiger partial charge in [0.05, 0.1) is 16.7 Å². The molecule has 1 aromatic carbocycles. The van der Waals surface area contributed by atoms with Crippen LogP contribution in [0.4, 0.5) is 11.4 Å². The Kier molecular flexibility index (Phi) is 2.69. The lowest BCUT2D eigenvalue weighted by Gasteiger charge is -2.04. The number of hydrogen-bond donors (Lipinski definition) is 2. The van der Waals surface area contributed by atoms with E-state index in [0.717, 1.165) is 6.07 Å². The van der Waals surface area contributed by atoms with Gasteiger partial charge >= 0.3 is 0 Å². The topological polar surface area (TPSA) is 75.4 Å². The number of nitrogens with one attached hydrogen (secondary N) is 1. The SMILES string of the molecule is CCNc1ccc([N+](=O)[O-])cc1O. The van der Waals surface area contributed by atoms with Crippen molar-refractivity contribution in [3.8, 4) is 5.75 Å². The van der Waals surface area contributed by atoms with Crippen LogP contribution in [0.15, 0.2) is 18.2 Å². The zero-order chi connectivity index (χ0) is 9.84. The van der Waals surface area contributed by atoms with E-state index in [9.17, 15) is 15.2 Å². The highest BCUT2D eigenvalue weighted by molar-refractivity contribution is 5.59. The van der Waals surface area contributed by atoms with Crippen LogP contribution < -0.4 is 5.32 Å². The first kappa shape index (κ1) is 9.31. The minimum atomic E-state index is -0.546. The molecule has 0 aliphatic carbocycles. The molecule has 0 radical (unpaired) electrons. The second-order valence-corrected chi connectivity index (χ2v) is 2.49. The van der Waals surface area contributed by atoms with Crippen molar-refractivity contribution in [1.29, 1.82) is 0 Å². The van der Waals surface area contributed by atoms with Gasteiger partial charge in [0.15, 0.2) is 0 Å². The molecule has 0 spiro atoms. The molecule has 0 amide bonds. The molecule has 0 aliphatic rings. The molecule has 0 atom stereocenters. The monoisotopic (exact) mass is 182 g/mol. The number of nitro groups is 1. The molecule has 0 unspecified atom stereocenters. The zero-order valence-corrected chi connectivity index (χ0v) is 7.15. The van der Waals surface area contributed by atoms with Gasteiger partial charge in [-0.1, -0.05) is 0 Å². The molecule has 2 N–H and O–H groups in total. The quantitative estimate of drug-likeness (QED) is 0.424. The molecule has 5 heteroatoms. The number of rotatable bonds is 3. The summed E-state index contributed by atoms with van der Waals surface area (Å²) in [5, 5.41) is 22.5. The van der Waals surface area contributed by atoms with Crippen LogP contribution in [0.25, 0.3) is 0 Å². The van der Waals surface area contributed by atoms with E-state index in [1.807, 2.05) is 6.92 Å². The minimum Gasteiger partial charge on any atom is -0.506 e. The van der Waals surface area contributed by atoms with Crippen LogP contribution in [0.1, 0.15) is 6.92 Å². The summed E-state index contributed by atoms with van der Waals surface area (Å²) < 4.78 is 0. The highest BCUT2D eigenvalue weighted by Gasteiger charge is 2.08. The van der Waals surface area contributed by atoms with E-state index in [2.05, 4.69) is 5.32 Å². The Morgan fingerprint density at radius 3 is 2.77 bits per heavy atom. The maximum Gasteiger partial charge on any atom is 0.273 e. The molecule has 0 fully saturated rings. The lowest BCUT2D eigenvalue weighted by molar-refractivity contribution is -0.384. The maximum atomic E-state index is 10.3. The Bertz CT molecular complexity index is 325. The van der Waals surface area contributed by atoms with Crippen molar-refractivity contribution in [3.63, 3.8) is 0 Å². The van der Waals surface area contributed by atoms with Crippen molar-refractivity contribution in [1.82, 2.24) is 0 Å². The van der Waals surface area contributed by atoms with Crippen LogP contribution in [0, 0.1) is 10.1 Å². The largest absolute Gasteiger partial charge is 0.506 e. The van der Waals surface area contributed by atoms with Gasteiger partial charge in [-0.05, 0) is 13.0 Å². The molecule has 13 heavy (non-hydrogen) atoms. The second kappa shape index (κ2) is 3.75. The third kappa shape index (κ3) is 2.08. The summed E-state index contributed by atoms with van der Waals surface area (Å²) in [7, 11) is 0. The van der Waals surface area contributed by atoms with E-state index in [-0.39, 0.29) is 11.4 Å². The Hall–Kier alpha value is -1.78. The third-order valence-electron chi connectivity index (χ3n) is 1.56. The van der Waals surface area contributed by atoms with Gasteiger partial charge in [0.25, 0.3) is 5.69 Å². The number of benzene rings is 1. The Morgan fingerprint density at radius 2 is 2.31 bits per heavy atom. The number of nitrogens with zero attached hydrogens (tertiary/aromatic N) is 1. The summed E-state index contributed by atoms with van der Waals surface area (Å²) in [5.41, 5.74) is 0.396. The predicted molar refractivity (Wildman–Crippen MR) is 48.9 cm³/mol. The van der Waals surface area contributed by atoms with E-state index in [1.54, 1.807) is 0 Å². The van der Waals surface area contributed by atoms with E-state index in [1.165, 1.54) is 12.1 Å². The van der Waals surface area contributed by atoms with Crippen molar-refractivity contribution >= 4 is 11.4 Å². The molecular weight excluding hydrogens is 172 g/mol. The molecule has 0 saturated carbocycles. The summed E-state index contributed by atoms with van der Waals surface area (Å²) in [6, 6.07) is 3.95. The van der Waals surface area contributed by atoms with E-state index >= 15 is 0 Å². The first-order valence-electron chi connectivity index (χ1n) is 3.86. The van der Waals surface area contributed by atoms with Crippen molar-refractivity contribution in [3.05, 3.63) is 28.3 Å². The van der Waals surface area contributed by atoms with Crippen molar-refractivity contribution in [2.75, 3.05) is 11.9 Å². The standard InChI is InChI=1S/C8H10N2O3/c1-2-9-7-4-3-6(10(12)13)5-8(7)11/h3-5,9,11H,2H2,1H3. The molecule has 5 nitrogen and oxygen atoms in total. The smallest absolute Gasteiger partial charge is 0.273 e. The fourth-order valence-electron chi connectivity index (χ4n) is 0.974. The van der Waals surface area contributed by atoms with Crippen molar-refractivity contribution in [2.45, 2.75) is 6.92 Å². The van der Waals surface area contributed by atoms with Crippen LogP contribution in [0.5, 0.6) is 5.75 Å². The fourth-order valence-corrected chi connectivity index (χ4v) is 0.974. The van der Waals surface area contributed by atoms with Gasteiger partial charge in [-0.2, -0.15) is 0 Å². The number of hydrogen-bond acceptors (Lipinski definition) is 4. The molecule has 0 aliphatic heterocycles. The average molecular weight is 182 g/mol. The predicted octanol–water partition coefficient (Wildman–Crippen LogP) is 1.73. The van der Waals surface area contributed by atoms with Gasteiger partial charge in [-0.3, -0.25) is 10.1 Å². The van der Waals surface area contributed by atoms with E-state index in [4.69, 9.17) is 0 Å². The number of nitro benzene ring substituents is 1. The average Bonchev–Trinajstić information content (AvgIpc) is 2.08. The fraction of sp³-hybridized carbons (Fsp3) is 0.250. The van der Waals surface area contributed by atoms with Crippen LogP contribution in [0.3, 0.4) is 0 Å². The molecule has 0 heterocycles. The van der Waals surface area contributed by atoms with Gasteiger partial charge in [0, 0.05) is 12.6 Å². The molecule has 1 rings (SSSR count). The molecular formula is C8H10N2O3. The summed E-state index contributed by atoms with van der Waals surface area (Å²) >= 11 is 0. The van der Waals surface area contributed by atoms with Gasteiger partial charge in [0.2, 0.25) is 0 Å². The Morgan fingerprint density at radius 1 is 1.62 bits per heavy atom. The zero-order valence-electron chi connectivity index (χ0n) is 7.15. The first-order valence-corrected chi connectivity index (χ1v) is 3.86.